The van der Waals surface area contributed by atoms with Crippen molar-refractivity contribution < 1.29 is 18.3 Å². The summed E-state index contributed by atoms with van der Waals surface area (Å²) in [6, 6.07) is 50.2. The first-order chi connectivity index (χ1) is 30.3. The summed E-state index contributed by atoms with van der Waals surface area (Å²) in [6.07, 6.45) is 14.0. The maximum absolute atomic E-state index is 4.12. The quantitative estimate of drug-likeness (QED) is 0.140. The molecule has 0 unspecified atom stereocenters. The predicted octanol–water partition coefficient (Wildman–Crippen LogP) is 11.9. The molecule has 0 fully saturated rings. The highest BCUT2D eigenvalue weighted by Crippen LogP contribution is 2.02. The Morgan fingerprint density at radius 3 is 0.797 bits per heavy atom. The lowest BCUT2D eigenvalue weighted by atomic mass is 10.2. The van der Waals surface area contributed by atoms with E-state index in [1.165, 1.54) is 61.5 Å². The molecular weight excluding hydrogens is 779 g/mol. The van der Waals surface area contributed by atoms with Gasteiger partial charge in [-0.1, -0.05) is 154 Å². The fourth-order valence-electron chi connectivity index (χ4n) is 4.92. The lowest BCUT2D eigenvalue weighted by molar-refractivity contribution is -0.678. The van der Waals surface area contributed by atoms with Crippen molar-refractivity contribution in [3.63, 3.8) is 0 Å². The van der Waals surface area contributed by atoms with Crippen LogP contribution in [0.25, 0.3) is 0 Å². The Morgan fingerprint density at radius 1 is 0.281 bits per heavy atom. The SMILES string of the molecule is C[n+]1ccccc1.Cc1c[n+](C)c(C)cn1.Cc1cc[n+](C)cc1.Cc1ccc(C)cc1.Cc1ccc(C)cc1.Cc1ccc(C)cc1.Cc1ccc(C)cc1.Cc1cccc[n+]1C. The molecule has 8 aromatic rings. The Kier molecular flexibility index (Phi) is 27.8. The monoisotopic (exact) mass is 858 g/mol. The van der Waals surface area contributed by atoms with E-state index in [0.717, 1.165) is 5.69 Å². The lowest BCUT2D eigenvalue weighted by Gasteiger charge is -1.91. The van der Waals surface area contributed by atoms with Gasteiger partial charge in [-0.2, -0.15) is 0 Å². The van der Waals surface area contributed by atoms with Crippen LogP contribution in [-0.2, 0) is 28.2 Å². The number of benzene rings is 4. The van der Waals surface area contributed by atoms with Gasteiger partial charge in [0.25, 0.3) is 0 Å². The summed E-state index contributed by atoms with van der Waals surface area (Å²) in [5.41, 5.74) is 15.5. The smallest absolute Gasteiger partial charge is 0.196 e. The Bertz CT molecular complexity index is 2010. The highest BCUT2D eigenvalue weighted by Gasteiger charge is 1.98. The van der Waals surface area contributed by atoms with Crippen LogP contribution in [-0.4, -0.2) is 4.98 Å². The third kappa shape index (κ3) is 28.8. The second-order valence-electron chi connectivity index (χ2n) is 16.4. The zero-order valence-electron chi connectivity index (χ0n) is 42.1. The van der Waals surface area contributed by atoms with Gasteiger partial charge in [0, 0.05) is 50.2 Å². The molecule has 0 radical (unpaired) electrons. The summed E-state index contributed by atoms with van der Waals surface area (Å²) in [5.74, 6) is 0. The van der Waals surface area contributed by atoms with Crippen molar-refractivity contribution in [1.29, 1.82) is 0 Å². The fourth-order valence-corrected chi connectivity index (χ4v) is 4.92. The summed E-state index contributed by atoms with van der Waals surface area (Å²) in [4.78, 5) is 4.12. The van der Waals surface area contributed by atoms with E-state index in [1.54, 1.807) is 0 Å². The van der Waals surface area contributed by atoms with Gasteiger partial charge in [0.05, 0.1) is 6.20 Å². The van der Waals surface area contributed by atoms with Crippen LogP contribution >= 0.6 is 0 Å². The minimum Gasteiger partial charge on any atom is -0.249 e. The van der Waals surface area contributed by atoms with Crippen LogP contribution in [0.15, 0.2) is 189 Å². The molecule has 64 heavy (non-hydrogen) atoms. The number of rotatable bonds is 0. The van der Waals surface area contributed by atoms with Crippen LogP contribution in [0.1, 0.15) is 67.2 Å². The van der Waals surface area contributed by atoms with E-state index in [4.69, 9.17) is 0 Å². The summed E-state index contributed by atoms with van der Waals surface area (Å²) < 4.78 is 8.16. The number of nitrogens with zero attached hydrogens (tertiary/aromatic N) is 5. The molecule has 0 aliphatic heterocycles. The topological polar surface area (TPSA) is 28.4 Å². The minimum atomic E-state index is 1.06. The Labute approximate surface area is 389 Å². The molecule has 0 saturated heterocycles. The average Bonchev–Trinajstić information content (AvgIpc) is 3.28. The molecule has 4 aromatic heterocycles. The molecule has 0 saturated carbocycles. The van der Waals surface area contributed by atoms with E-state index in [9.17, 15) is 0 Å². The first kappa shape index (κ1) is 55.4. The largest absolute Gasteiger partial charge is 0.249 e. The predicted molar refractivity (Wildman–Crippen MR) is 271 cm³/mol. The van der Waals surface area contributed by atoms with Gasteiger partial charge in [0.1, 0.15) is 33.9 Å². The summed E-state index contributed by atoms with van der Waals surface area (Å²) in [7, 11) is 8.07. The Hall–Kier alpha value is -6.59. The zero-order chi connectivity index (χ0) is 47.9. The van der Waals surface area contributed by atoms with E-state index < -0.39 is 0 Å². The van der Waals surface area contributed by atoms with Crippen LogP contribution in [0.3, 0.4) is 0 Å². The molecule has 0 atom stereocenters. The zero-order valence-corrected chi connectivity index (χ0v) is 42.1. The number of hydrogen-bond acceptors (Lipinski definition) is 1. The van der Waals surface area contributed by atoms with Crippen molar-refractivity contribution in [3.05, 3.63) is 256 Å². The van der Waals surface area contributed by atoms with Crippen LogP contribution < -0.4 is 18.3 Å². The van der Waals surface area contributed by atoms with Crippen LogP contribution in [0.4, 0.5) is 0 Å². The maximum atomic E-state index is 4.12. The Morgan fingerprint density at radius 2 is 0.578 bits per heavy atom. The molecule has 0 spiro atoms. The van der Waals surface area contributed by atoms with Crippen molar-refractivity contribution in [2.75, 3.05) is 0 Å². The minimum absolute atomic E-state index is 1.06. The molecule has 336 valence electrons. The maximum Gasteiger partial charge on any atom is 0.196 e. The van der Waals surface area contributed by atoms with E-state index in [2.05, 4.69) is 199 Å². The van der Waals surface area contributed by atoms with Gasteiger partial charge >= 0.3 is 0 Å². The van der Waals surface area contributed by atoms with Gasteiger partial charge in [-0.15, -0.1) is 0 Å². The highest BCUT2D eigenvalue weighted by molar-refractivity contribution is 5.21. The molecule has 8 rings (SSSR count). The van der Waals surface area contributed by atoms with Gasteiger partial charge < -0.3 is 0 Å². The van der Waals surface area contributed by atoms with E-state index in [1.807, 2.05) is 125 Å². The van der Waals surface area contributed by atoms with E-state index in [-0.39, 0.29) is 0 Å². The third-order valence-electron chi connectivity index (χ3n) is 9.59. The van der Waals surface area contributed by atoms with Crippen molar-refractivity contribution in [3.8, 4) is 0 Å². The molecule has 0 aliphatic carbocycles. The number of hydrogen-bond donors (Lipinski definition) is 0. The second kappa shape index (κ2) is 32.1. The fraction of sp³-hybridized carbons (Fsp3) is 0.271. The van der Waals surface area contributed by atoms with Crippen molar-refractivity contribution >= 4 is 0 Å². The molecule has 0 bridgehead atoms. The standard InChI is InChI=1S/4C8H10.C7H11N2.2C7H10N.C6H8N/c4*1-7-3-5-8(2)6-4-7;1-6-5-9(3)7(2)4-8-6;1-7-3-5-8(2)6-4-7;1-7-5-3-4-6-8(7)2;1-7-5-3-2-4-6-7/h4*3-6H,1-2H3;4-5H,1-3H3;2*3-6H,1-2H3;2-6H,1H3/q;;;;4*+1. The molecule has 5 nitrogen and oxygen atoms in total. The normalized spacial score (nSPS) is 9.25. The first-order valence-electron chi connectivity index (χ1n) is 22.0. The molecule has 0 amide bonds. The molecule has 0 N–H and O–H groups in total. The van der Waals surface area contributed by atoms with Gasteiger partial charge in [-0.25, -0.2) is 23.3 Å². The van der Waals surface area contributed by atoms with Gasteiger partial charge in [-0.3, -0.25) is 0 Å². The van der Waals surface area contributed by atoms with Crippen molar-refractivity contribution in [2.24, 2.45) is 28.2 Å². The van der Waals surface area contributed by atoms with Gasteiger partial charge in [0.2, 0.25) is 0 Å². The van der Waals surface area contributed by atoms with Gasteiger partial charge in [-0.05, 0) is 74.8 Å². The molecule has 4 aromatic carbocycles. The number of aryl methyl sites for hydroxylation is 16. The number of pyridine rings is 3. The van der Waals surface area contributed by atoms with Crippen molar-refractivity contribution in [1.82, 2.24) is 4.98 Å². The third-order valence-corrected chi connectivity index (χ3v) is 9.59. The van der Waals surface area contributed by atoms with Gasteiger partial charge in [0.15, 0.2) is 48.6 Å². The number of aromatic nitrogens is 5. The second-order valence-corrected chi connectivity index (χ2v) is 16.4. The summed E-state index contributed by atoms with van der Waals surface area (Å²) in [5, 5.41) is 0. The van der Waals surface area contributed by atoms with Crippen LogP contribution in [0.5, 0.6) is 0 Å². The van der Waals surface area contributed by atoms with Crippen molar-refractivity contribution in [2.45, 2.75) is 83.1 Å². The molecule has 4 heterocycles. The average molecular weight is 858 g/mol. The molecule has 5 heteroatoms. The summed E-state index contributed by atoms with van der Waals surface area (Å²) in [6.45, 7) is 25.0. The van der Waals surface area contributed by atoms with E-state index >= 15 is 0 Å². The van der Waals surface area contributed by atoms with E-state index in [0.29, 0.717) is 0 Å². The highest BCUT2D eigenvalue weighted by atomic mass is 14.9. The molecular formula is C59H79N5+4. The summed E-state index contributed by atoms with van der Waals surface area (Å²) >= 11 is 0. The Balaban J connectivity index is 0.000000366. The molecule has 0 aliphatic rings. The van der Waals surface area contributed by atoms with Crippen LogP contribution in [0.2, 0.25) is 0 Å². The lowest BCUT2D eigenvalue weighted by Crippen LogP contribution is -2.31. The van der Waals surface area contributed by atoms with Crippen LogP contribution in [0, 0.1) is 83.1 Å². The first-order valence-corrected chi connectivity index (χ1v) is 22.0.